The first-order valence-corrected chi connectivity index (χ1v) is 8.78. The smallest absolute Gasteiger partial charge is 2.00 e. The van der Waals surface area contributed by atoms with Crippen LogP contribution in [0.15, 0.2) is 0 Å². The first-order chi connectivity index (χ1) is 7.44. The molecule has 0 atom stereocenters. The molecule has 0 fully saturated rings. The summed E-state index contributed by atoms with van der Waals surface area (Å²) >= 11 is 11.7. The van der Waals surface area contributed by atoms with E-state index in [1.54, 1.807) is 0 Å². The van der Waals surface area contributed by atoms with E-state index < -0.39 is 0 Å². The molecule has 0 amide bonds. The molecule has 0 aliphatic rings. The largest absolute Gasteiger partial charge is 2.00 e. The summed E-state index contributed by atoms with van der Waals surface area (Å²) in [5, 5.41) is 0. The van der Waals surface area contributed by atoms with Crippen molar-refractivity contribution >= 4 is 70.1 Å². The first kappa shape index (κ1) is 24.0. The van der Waals surface area contributed by atoms with Crippen molar-refractivity contribution in [3.8, 4) is 0 Å². The zero-order chi connectivity index (χ0) is 13.1. The fourth-order valence-corrected chi connectivity index (χ4v) is 3.13. The van der Waals surface area contributed by atoms with Crippen molar-refractivity contribution in [2.45, 2.75) is 27.7 Å². The molecule has 0 spiro atoms. The predicted octanol–water partition coefficient (Wildman–Crippen LogP) is -0.497. The third-order valence-corrected chi connectivity index (χ3v) is 4.21. The van der Waals surface area contributed by atoms with Gasteiger partial charge in [0.25, 0.3) is 0 Å². The molecule has 7 heteroatoms. The molecule has 0 aliphatic heterocycles. The van der Waals surface area contributed by atoms with E-state index in [9.17, 15) is 0 Å². The second-order valence-corrected chi connectivity index (χ2v) is 8.74. The fourth-order valence-electron chi connectivity index (χ4n) is 0.964. The van der Waals surface area contributed by atoms with Crippen LogP contribution in [-0.2, 0) is 17.1 Å². The molecule has 17 heavy (non-hydrogen) atoms. The molecule has 1 radical (unpaired) electrons. The van der Waals surface area contributed by atoms with E-state index in [0.29, 0.717) is 0 Å². The minimum atomic E-state index is 0. The first-order valence-electron chi connectivity index (χ1n) is 5.36. The maximum atomic E-state index is 2.93. The maximum Gasteiger partial charge on any atom is 2.00 e. The summed E-state index contributed by atoms with van der Waals surface area (Å²) in [5.74, 6) is 0. The monoisotopic (exact) mass is 551 g/mol. The van der Waals surface area contributed by atoms with Crippen LogP contribution < -0.4 is 0 Å². The van der Waals surface area contributed by atoms with E-state index in [0.717, 1.165) is 33.1 Å². The predicted molar refractivity (Wildman–Crippen MR) is 78.9 cm³/mol. The molecule has 0 aliphatic carbocycles. The summed E-state index contributed by atoms with van der Waals surface area (Å²) in [5.41, 5.74) is 0. The molecular weight excluding hydrogens is 528 g/mol. The Hall–Kier alpha value is 1.94. The topological polar surface area (TPSA) is 6.48 Å². The molecule has 105 valence electrons. The molecule has 0 unspecified atom stereocenters. The van der Waals surface area contributed by atoms with Crippen molar-refractivity contribution in [3.05, 3.63) is 0 Å². The van der Waals surface area contributed by atoms with Crippen molar-refractivity contribution in [3.63, 3.8) is 0 Å². The number of hydrogen-bond acceptors (Lipinski definition) is 2. The van der Waals surface area contributed by atoms with Gasteiger partial charge in [-0.05, 0) is 0 Å². The molecule has 0 saturated heterocycles. The standard InChI is InChI=1S/2C5H11NSe2.Cu/c2*1-3-6(4-2)5(7)8;/h2*3-4H2,1-2H3,(H,7,8);/q;;+2/p-2. The van der Waals surface area contributed by atoms with Crippen molar-refractivity contribution < 1.29 is 17.1 Å². The second kappa shape index (κ2) is 16.0. The van der Waals surface area contributed by atoms with Crippen LogP contribution in [0.1, 0.15) is 27.7 Å². The quantitative estimate of drug-likeness (QED) is 0.414. The van der Waals surface area contributed by atoms with Gasteiger partial charge in [0.15, 0.2) is 0 Å². The summed E-state index contributed by atoms with van der Waals surface area (Å²) in [6.45, 7) is 12.8. The zero-order valence-electron chi connectivity index (χ0n) is 10.7. The van der Waals surface area contributed by atoms with Gasteiger partial charge in [0.2, 0.25) is 0 Å². The van der Waals surface area contributed by atoms with Gasteiger partial charge in [-0.15, -0.1) is 0 Å². The van der Waals surface area contributed by atoms with Crippen LogP contribution in [0.25, 0.3) is 0 Å². The van der Waals surface area contributed by atoms with Crippen molar-refractivity contribution in [2.24, 2.45) is 0 Å². The van der Waals surface area contributed by atoms with Crippen LogP contribution in [0.5, 0.6) is 0 Å². The minimum absolute atomic E-state index is 0. The third-order valence-electron chi connectivity index (χ3n) is 2.04. The minimum Gasteiger partial charge on any atom is 2.00 e. The Morgan fingerprint density at radius 1 is 0.765 bits per heavy atom. The van der Waals surface area contributed by atoms with E-state index in [2.05, 4.69) is 101 Å². The Labute approximate surface area is 149 Å². The van der Waals surface area contributed by atoms with E-state index in [1.807, 2.05) is 0 Å². The summed E-state index contributed by atoms with van der Waals surface area (Å²) in [6.07, 6.45) is 0. The third kappa shape index (κ3) is 14.2. The molecule has 0 saturated carbocycles. The Kier molecular flexibility index (Phi) is 22.6. The van der Waals surface area contributed by atoms with Crippen molar-refractivity contribution in [2.75, 3.05) is 26.2 Å². The molecular formula is C10H20CuN2Se4. The number of rotatable bonds is 6. The summed E-state index contributed by atoms with van der Waals surface area (Å²) in [7, 11) is 0. The molecule has 0 rings (SSSR count). The summed E-state index contributed by atoms with van der Waals surface area (Å²) < 4.78 is 2.32. The van der Waals surface area contributed by atoms with Crippen molar-refractivity contribution in [1.82, 2.24) is 9.80 Å². The SMILES string of the molecule is CCN(CC)C(=[Se])[Se-].CCN(CC)C(=[Se])[Se-].[Cu+2]. The molecule has 0 aromatic rings. The van der Waals surface area contributed by atoms with Crippen LogP contribution in [0.4, 0.5) is 0 Å². The maximum absolute atomic E-state index is 2.93. The Morgan fingerprint density at radius 3 is 0.941 bits per heavy atom. The van der Waals surface area contributed by atoms with Crippen LogP contribution in [0.2, 0.25) is 0 Å². The molecule has 0 aromatic carbocycles. The van der Waals surface area contributed by atoms with Crippen LogP contribution >= 0.6 is 0 Å². The van der Waals surface area contributed by atoms with Gasteiger partial charge >= 0.3 is 151 Å². The van der Waals surface area contributed by atoms with Crippen LogP contribution in [0, 0.1) is 0 Å². The van der Waals surface area contributed by atoms with Crippen LogP contribution in [0.3, 0.4) is 0 Å². The fraction of sp³-hybridized carbons (Fsp3) is 0.800. The van der Waals surface area contributed by atoms with Gasteiger partial charge in [0.05, 0.1) is 0 Å². The molecule has 0 N–H and O–H groups in total. The Bertz CT molecular complexity index is 184. The van der Waals surface area contributed by atoms with Gasteiger partial charge in [0, 0.05) is 0 Å². The average Bonchev–Trinajstić information content (AvgIpc) is 2.21. The average molecular weight is 548 g/mol. The molecule has 0 aromatic heterocycles. The number of hydrogen-bond donors (Lipinski definition) is 0. The summed E-state index contributed by atoms with van der Waals surface area (Å²) in [6, 6.07) is 0. The van der Waals surface area contributed by atoms with E-state index in [1.165, 1.54) is 0 Å². The van der Waals surface area contributed by atoms with Gasteiger partial charge in [-0.25, -0.2) is 0 Å². The van der Waals surface area contributed by atoms with Gasteiger partial charge in [-0.2, -0.15) is 0 Å². The van der Waals surface area contributed by atoms with Crippen molar-refractivity contribution in [1.29, 1.82) is 0 Å². The van der Waals surface area contributed by atoms with Crippen LogP contribution in [-0.4, -0.2) is 106 Å². The molecule has 0 heterocycles. The normalized spacial score (nSPS) is 8.24. The van der Waals surface area contributed by atoms with Gasteiger partial charge in [-0.3, -0.25) is 0 Å². The van der Waals surface area contributed by atoms with Gasteiger partial charge in [0.1, 0.15) is 0 Å². The Morgan fingerprint density at radius 2 is 0.941 bits per heavy atom. The van der Waals surface area contributed by atoms with E-state index >= 15 is 0 Å². The molecule has 2 nitrogen and oxygen atoms in total. The second-order valence-electron chi connectivity index (χ2n) is 2.88. The van der Waals surface area contributed by atoms with Gasteiger partial charge < -0.3 is 0 Å². The van der Waals surface area contributed by atoms with Gasteiger partial charge in [-0.1, -0.05) is 0 Å². The Balaban J connectivity index is -0.000000218. The van der Waals surface area contributed by atoms with E-state index in [4.69, 9.17) is 0 Å². The van der Waals surface area contributed by atoms with E-state index in [-0.39, 0.29) is 17.1 Å². The zero-order valence-corrected chi connectivity index (χ0v) is 18.5. The summed E-state index contributed by atoms with van der Waals surface area (Å²) in [4.78, 5) is 4.44. The number of nitrogens with zero attached hydrogens (tertiary/aromatic N) is 2. The molecule has 0 bridgehead atoms.